The SMILES string of the molecule is COc1ccc(C(=O)c2c(C)cc(OCC(=O)O)cc2C)cc1C(C)C. The van der Waals surface area contributed by atoms with Crippen molar-refractivity contribution in [3.63, 3.8) is 0 Å². The molecule has 2 aromatic carbocycles. The van der Waals surface area contributed by atoms with Crippen molar-refractivity contribution in [2.75, 3.05) is 13.7 Å². The highest BCUT2D eigenvalue weighted by molar-refractivity contribution is 6.11. The van der Waals surface area contributed by atoms with Gasteiger partial charge in [0.25, 0.3) is 0 Å². The molecule has 0 amide bonds. The van der Waals surface area contributed by atoms with Crippen LogP contribution in [-0.4, -0.2) is 30.6 Å². The number of aryl methyl sites for hydroxylation is 2. The van der Waals surface area contributed by atoms with E-state index in [2.05, 4.69) is 13.8 Å². The smallest absolute Gasteiger partial charge is 0.341 e. The third-order valence-electron chi connectivity index (χ3n) is 4.21. The van der Waals surface area contributed by atoms with Gasteiger partial charge in [0.2, 0.25) is 0 Å². The lowest BCUT2D eigenvalue weighted by molar-refractivity contribution is -0.139. The molecule has 0 radical (unpaired) electrons. The number of hydrogen-bond donors (Lipinski definition) is 1. The van der Waals surface area contributed by atoms with Gasteiger partial charge in [-0.25, -0.2) is 4.79 Å². The molecule has 1 N–H and O–H groups in total. The van der Waals surface area contributed by atoms with Gasteiger partial charge < -0.3 is 14.6 Å². The molecule has 2 rings (SSSR count). The number of methoxy groups -OCH3 is 1. The molecule has 5 heteroatoms. The highest BCUT2D eigenvalue weighted by Gasteiger charge is 2.18. The topological polar surface area (TPSA) is 72.8 Å². The van der Waals surface area contributed by atoms with Crippen LogP contribution < -0.4 is 9.47 Å². The first-order valence-corrected chi connectivity index (χ1v) is 8.43. The van der Waals surface area contributed by atoms with E-state index in [1.165, 1.54) is 0 Å². The molecular weight excluding hydrogens is 332 g/mol. The third kappa shape index (κ3) is 4.23. The highest BCUT2D eigenvalue weighted by Crippen LogP contribution is 2.30. The fourth-order valence-corrected chi connectivity index (χ4v) is 2.98. The van der Waals surface area contributed by atoms with Gasteiger partial charge in [-0.05, 0) is 66.8 Å². The number of carboxylic acid groups (broad SMARTS) is 1. The number of carbonyl (C=O) groups is 2. The Morgan fingerprint density at radius 2 is 1.69 bits per heavy atom. The largest absolute Gasteiger partial charge is 0.496 e. The normalized spacial score (nSPS) is 10.7. The van der Waals surface area contributed by atoms with E-state index in [1.807, 2.05) is 26.0 Å². The highest BCUT2D eigenvalue weighted by atomic mass is 16.5. The number of hydrogen-bond acceptors (Lipinski definition) is 4. The summed E-state index contributed by atoms with van der Waals surface area (Å²) in [6.07, 6.45) is 0. The number of carbonyl (C=O) groups excluding carboxylic acids is 1. The molecule has 0 aromatic heterocycles. The zero-order valence-electron chi connectivity index (χ0n) is 15.8. The summed E-state index contributed by atoms with van der Waals surface area (Å²) >= 11 is 0. The molecule has 0 aliphatic carbocycles. The lowest BCUT2D eigenvalue weighted by Gasteiger charge is -2.15. The molecule has 0 bridgehead atoms. The summed E-state index contributed by atoms with van der Waals surface area (Å²) in [7, 11) is 1.62. The predicted octanol–water partition coefficient (Wildman–Crippen LogP) is 4.13. The number of rotatable bonds is 7. The molecule has 138 valence electrons. The van der Waals surface area contributed by atoms with Gasteiger partial charge in [0.05, 0.1) is 7.11 Å². The number of benzene rings is 2. The van der Waals surface area contributed by atoms with Crippen molar-refractivity contribution in [2.45, 2.75) is 33.6 Å². The van der Waals surface area contributed by atoms with E-state index in [4.69, 9.17) is 14.6 Å². The molecule has 0 saturated heterocycles. The molecule has 0 unspecified atom stereocenters. The first kappa shape index (κ1) is 19.5. The molecule has 0 fully saturated rings. The average Bonchev–Trinajstić information content (AvgIpc) is 2.58. The van der Waals surface area contributed by atoms with E-state index in [0.717, 1.165) is 22.4 Å². The van der Waals surface area contributed by atoms with Crippen LogP contribution in [0.4, 0.5) is 0 Å². The van der Waals surface area contributed by atoms with Crippen LogP contribution in [0.1, 0.15) is 52.4 Å². The second kappa shape index (κ2) is 8.04. The lowest BCUT2D eigenvalue weighted by atomic mass is 9.92. The van der Waals surface area contributed by atoms with E-state index >= 15 is 0 Å². The monoisotopic (exact) mass is 356 g/mol. The van der Waals surface area contributed by atoms with Crippen LogP contribution >= 0.6 is 0 Å². The van der Waals surface area contributed by atoms with E-state index in [0.29, 0.717) is 16.9 Å². The minimum atomic E-state index is -1.04. The van der Waals surface area contributed by atoms with Crippen molar-refractivity contribution < 1.29 is 24.2 Å². The molecule has 5 nitrogen and oxygen atoms in total. The Labute approximate surface area is 153 Å². The standard InChI is InChI=1S/C21H24O5/c1-12(2)17-10-15(6-7-18(17)25-5)21(24)20-13(3)8-16(9-14(20)4)26-11-19(22)23/h6-10,12H,11H2,1-5H3,(H,22,23). The van der Waals surface area contributed by atoms with Crippen molar-refractivity contribution >= 4 is 11.8 Å². The third-order valence-corrected chi connectivity index (χ3v) is 4.21. The number of ether oxygens (including phenoxy) is 2. The van der Waals surface area contributed by atoms with E-state index in [9.17, 15) is 9.59 Å². The molecule has 0 aliphatic rings. The lowest BCUT2D eigenvalue weighted by Crippen LogP contribution is -2.11. The van der Waals surface area contributed by atoms with Crippen molar-refractivity contribution in [3.8, 4) is 11.5 Å². The van der Waals surface area contributed by atoms with Crippen LogP contribution in [0.3, 0.4) is 0 Å². The van der Waals surface area contributed by atoms with Gasteiger partial charge in [-0.3, -0.25) is 4.79 Å². The van der Waals surface area contributed by atoms with Gasteiger partial charge in [0.15, 0.2) is 12.4 Å². The van der Waals surface area contributed by atoms with Crippen LogP contribution in [0.15, 0.2) is 30.3 Å². The fraction of sp³-hybridized carbons (Fsp3) is 0.333. The van der Waals surface area contributed by atoms with Crippen molar-refractivity contribution in [3.05, 3.63) is 58.1 Å². The Kier molecular flexibility index (Phi) is 6.03. The van der Waals surface area contributed by atoms with E-state index < -0.39 is 12.6 Å². The average molecular weight is 356 g/mol. The van der Waals surface area contributed by atoms with Gasteiger partial charge in [0, 0.05) is 11.1 Å². The Morgan fingerprint density at radius 3 is 2.19 bits per heavy atom. The minimum absolute atomic E-state index is 0.0747. The fourth-order valence-electron chi connectivity index (χ4n) is 2.98. The molecule has 26 heavy (non-hydrogen) atoms. The summed E-state index contributed by atoms with van der Waals surface area (Å²) in [6.45, 7) is 7.33. The van der Waals surface area contributed by atoms with Crippen LogP contribution in [-0.2, 0) is 4.79 Å². The summed E-state index contributed by atoms with van der Waals surface area (Å²) in [5.74, 6) is 0.319. The van der Waals surface area contributed by atoms with Crippen molar-refractivity contribution in [1.82, 2.24) is 0 Å². The summed E-state index contributed by atoms with van der Waals surface area (Å²) in [4.78, 5) is 23.7. The van der Waals surface area contributed by atoms with Gasteiger partial charge in [-0.15, -0.1) is 0 Å². The molecule has 0 spiro atoms. The predicted molar refractivity (Wildman–Crippen MR) is 99.6 cm³/mol. The summed E-state index contributed by atoms with van der Waals surface area (Å²) in [6, 6.07) is 8.84. The van der Waals surface area contributed by atoms with Crippen LogP contribution in [0.5, 0.6) is 11.5 Å². The maximum Gasteiger partial charge on any atom is 0.341 e. The van der Waals surface area contributed by atoms with Crippen LogP contribution in [0.2, 0.25) is 0 Å². The van der Waals surface area contributed by atoms with Crippen LogP contribution in [0, 0.1) is 13.8 Å². The maximum absolute atomic E-state index is 13.1. The zero-order chi connectivity index (χ0) is 19.4. The first-order valence-electron chi connectivity index (χ1n) is 8.43. The van der Waals surface area contributed by atoms with Crippen molar-refractivity contribution in [1.29, 1.82) is 0 Å². The quantitative estimate of drug-likeness (QED) is 0.755. The van der Waals surface area contributed by atoms with E-state index in [1.54, 1.807) is 25.3 Å². The van der Waals surface area contributed by atoms with E-state index in [-0.39, 0.29) is 11.7 Å². The molecule has 0 atom stereocenters. The second-order valence-corrected chi connectivity index (χ2v) is 6.56. The Bertz CT molecular complexity index is 813. The second-order valence-electron chi connectivity index (χ2n) is 6.56. The molecule has 0 aliphatic heterocycles. The summed E-state index contributed by atoms with van der Waals surface area (Å²) in [5, 5.41) is 8.73. The Balaban J connectivity index is 2.41. The minimum Gasteiger partial charge on any atom is -0.496 e. The Morgan fingerprint density at radius 1 is 1.08 bits per heavy atom. The number of ketones is 1. The van der Waals surface area contributed by atoms with Crippen LogP contribution in [0.25, 0.3) is 0 Å². The van der Waals surface area contributed by atoms with Gasteiger partial charge in [0.1, 0.15) is 11.5 Å². The first-order chi connectivity index (χ1) is 12.2. The zero-order valence-corrected chi connectivity index (χ0v) is 15.8. The molecule has 2 aromatic rings. The van der Waals surface area contributed by atoms with Gasteiger partial charge in [-0.1, -0.05) is 13.8 Å². The van der Waals surface area contributed by atoms with Crippen molar-refractivity contribution in [2.24, 2.45) is 0 Å². The maximum atomic E-state index is 13.1. The molecular formula is C21H24O5. The number of carboxylic acids is 1. The summed E-state index contributed by atoms with van der Waals surface area (Å²) in [5.41, 5.74) is 3.68. The number of aliphatic carboxylic acids is 1. The Hall–Kier alpha value is -2.82. The summed E-state index contributed by atoms with van der Waals surface area (Å²) < 4.78 is 10.6. The van der Waals surface area contributed by atoms with Gasteiger partial charge >= 0.3 is 5.97 Å². The van der Waals surface area contributed by atoms with Gasteiger partial charge in [-0.2, -0.15) is 0 Å². The molecule has 0 saturated carbocycles. The molecule has 0 heterocycles.